The summed E-state index contributed by atoms with van der Waals surface area (Å²) in [7, 11) is 0. The molecule has 0 N–H and O–H groups in total. The number of aryl methyl sites for hydroxylation is 1. The maximum Gasteiger partial charge on any atom is 0.435 e. The Bertz CT molecular complexity index is 1070. The van der Waals surface area contributed by atoms with E-state index >= 15 is 0 Å². The molecule has 0 atom stereocenters. The molecule has 0 spiro atoms. The van der Waals surface area contributed by atoms with Crippen molar-refractivity contribution in [1.82, 2.24) is 24.5 Å². The van der Waals surface area contributed by atoms with E-state index in [0.29, 0.717) is 42.3 Å². The molecular formula is C20H19ClF3N5O. The monoisotopic (exact) mass is 437 g/mol. The van der Waals surface area contributed by atoms with Crippen LogP contribution in [-0.4, -0.2) is 43.5 Å². The number of carbonyl (C=O) groups excluding carboxylic acids is 1. The Morgan fingerprint density at radius 1 is 1.13 bits per heavy atom. The highest BCUT2D eigenvalue weighted by Crippen LogP contribution is 2.30. The van der Waals surface area contributed by atoms with Crippen LogP contribution in [0.5, 0.6) is 0 Å². The molecule has 158 valence electrons. The lowest BCUT2D eigenvalue weighted by Crippen LogP contribution is -2.39. The van der Waals surface area contributed by atoms with Crippen LogP contribution in [-0.2, 0) is 6.18 Å². The van der Waals surface area contributed by atoms with Crippen LogP contribution in [0.3, 0.4) is 0 Å². The number of para-hydroxylation sites is 1. The fraction of sp³-hybridized carbons (Fsp3) is 0.350. The molecule has 1 fully saturated rings. The summed E-state index contributed by atoms with van der Waals surface area (Å²) in [4.78, 5) is 14.7. The molecule has 1 aromatic carbocycles. The van der Waals surface area contributed by atoms with Gasteiger partial charge < -0.3 is 4.90 Å². The molecule has 1 aliphatic heterocycles. The molecule has 30 heavy (non-hydrogen) atoms. The molecule has 1 saturated heterocycles. The predicted octanol–water partition coefficient (Wildman–Crippen LogP) is 4.53. The second-order valence-electron chi connectivity index (χ2n) is 7.26. The van der Waals surface area contributed by atoms with Crippen molar-refractivity contribution in [1.29, 1.82) is 0 Å². The summed E-state index contributed by atoms with van der Waals surface area (Å²) in [5.41, 5.74) is 0.844. The summed E-state index contributed by atoms with van der Waals surface area (Å²) in [5.74, 6) is -0.201. The largest absolute Gasteiger partial charge is 0.435 e. The first kappa shape index (κ1) is 20.5. The molecular weight excluding hydrogens is 419 g/mol. The Kier molecular flexibility index (Phi) is 5.31. The summed E-state index contributed by atoms with van der Waals surface area (Å²) in [6.45, 7) is 2.65. The van der Waals surface area contributed by atoms with Crippen molar-refractivity contribution in [3.63, 3.8) is 0 Å². The fourth-order valence-electron chi connectivity index (χ4n) is 3.61. The number of aromatic nitrogens is 4. The Labute approximate surface area is 175 Å². The number of amides is 1. The number of hydrogen-bond acceptors (Lipinski definition) is 3. The van der Waals surface area contributed by atoms with Crippen LogP contribution in [0.15, 0.2) is 42.7 Å². The van der Waals surface area contributed by atoms with E-state index in [9.17, 15) is 18.0 Å². The van der Waals surface area contributed by atoms with Crippen LogP contribution in [0.1, 0.15) is 40.6 Å². The number of alkyl halides is 3. The maximum absolute atomic E-state index is 13.0. The van der Waals surface area contributed by atoms with E-state index in [1.807, 2.05) is 25.1 Å². The SMILES string of the molecule is Cc1cn(-c2ccccc2Cl)nc1C(=O)N1CCC(n2ccc(C(F)(F)F)n2)CC1. The van der Waals surface area contributed by atoms with E-state index in [-0.39, 0.29) is 11.9 Å². The van der Waals surface area contributed by atoms with Crippen molar-refractivity contribution in [2.75, 3.05) is 13.1 Å². The van der Waals surface area contributed by atoms with Gasteiger partial charge in [0.15, 0.2) is 11.4 Å². The standard InChI is InChI=1S/C20H19ClF3N5O/c1-13-12-29(16-5-3-2-4-15(16)21)26-18(13)19(30)27-9-6-14(7-10-27)28-11-8-17(25-28)20(22,23)24/h2-5,8,11-12,14H,6-7,9-10H2,1H3. The lowest BCUT2D eigenvalue weighted by atomic mass is 10.0. The zero-order valence-electron chi connectivity index (χ0n) is 16.1. The second kappa shape index (κ2) is 7.79. The van der Waals surface area contributed by atoms with E-state index in [0.717, 1.165) is 11.6 Å². The summed E-state index contributed by atoms with van der Waals surface area (Å²) < 4.78 is 41.2. The van der Waals surface area contributed by atoms with Crippen molar-refractivity contribution >= 4 is 17.5 Å². The molecule has 0 aliphatic carbocycles. The highest BCUT2D eigenvalue weighted by molar-refractivity contribution is 6.32. The first-order valence-corrected chi connectivity index (χ1v) is 9.84. The molecule has 1 amide bonds. The average molecular weight is 438 g/mol. The van der Waals surface area contributed by atoms with Crippen LogP contribution in [0.25, 0.3) is 5.69 Å². The minimum atomic E-state index is -4.46. The second-order valence-corrected chi connectivity index (χ2v) is 7.67. The lowest BCUT2D eigenvalue weighted by Gasteiger charge is -2.31. The smallest absolute Gasteiger partial charge is 0.337 e. The highest BCUT2D eigenvalue weighted by atomic mass is 35.5. The molecule has 0 unspecified atom stereocenters. The predicted molar refractivity (Wildman–Crippen MR) is 105 cm³/mol. The molecule has 0 bridgehead atoms. The van der Waals surface area contributed by atoms with Crippen molar-refractivity contribution in [2.24, 2.45) is 0 Å². The topological polar surface area (TPSA) is 56.0 Å². The van der Waals surface area contributed by atoms with Gasteiger partial charge in [0.1, 0.15) is 0 Å². The molecule has 0 radical (unpaired) electrons. The van der Waals surface area contributed by atoms with Gasteiger partial charge in [0.2, 0.25) is 0 Å². The van der Waals surface area contributed by atoms with E-state index in [1.54, 1.807) is 21.8 Å². The Morgan fingerprint density at radius 2 is 1.83 bits per heavy atom. The molecule has 3 aromatic rings. The Balaban J connectivity index is 1.45. The van der Waals surface area contributed by atoms with Crippen molar-refractivity contribution in [3.05, 3.63) is 64.7 Å². The van der Waals surface area contributed by atoms with E-state index in [2.05, 4.69) is 10.2 Å². The van der Waals surface area contributed by atoms with E-state index in [1.165, 1.54) is 10.9 Å². The number of nitrogens with zero attached hydrogens (tertiary/aromatic N) is 5. The van der Waals surface area contributed by atoms with Gasteiger partial charge in [0.05, 0.1) is 16.8 Å². The first-order valence-electron chi connectivity index (χ1n) is 9.47. The van der Waals surface area contributed by atoms with Gasteiger partial charge in [-0.2, -0.15) is 23.4 Å². The third-order valence-electron chi connectivity index (χ3n) is 5.22. The number of benzene rings is 1. The van der Waals surface area contributed by atoms with Crippen LogP contribution in [0.4, 0.5) is 13.2 Å². The minimum Gasteiger partial charge on any atom is -0.337 e. The number of likely N-dealkylation sites (tertiary alicyclic amines) is 1. The third kappa shape index (κ3) is 3.94. The van der Waals surface area contributed by atoms with Gasteiger partial charge >= 0.3 is 6.18 Å². The van der Waals surface area contributed by atoms with Crippen LogP contribution >= 0.6 is 11.6 Å². The van der Waals surface area contributed by atoms with Crippen molar-refractivity contribution in [3.8, 4) is 5.69 Å². The third-order valence-corrected chi connectivity index (χ3v) is 5.54. The molecule has 2 aromatic heterocycles. The highest BCUT2D eigenvalue weighted by Gasteiger charge is 2.35. The average Bonchev–Trinajstić information content (AvgIpc) is 3.35. The van der Waals surface area contributed by atoms with E-state index in [4.69, 9.17) is 11.6 Å². The van der Waals surface area contributed by atoms with E-state index < -0.39 is 11.9 Å². The molecule has 4 rings (SSSR count). The molecule has 3 heterocycles. The van der Waals surface area contributed by atoms with Gasteiger partial charge in [0.25, 0.3) is 5.91 Å². The van der Waals surface area contributed by atoms with Crippen LogP contribution in [0.2, 0.25) is 5.02 Å². The molecule has 6 nitrogen and oxygen atoms in total. The zero-order valence-corrected chi connectivity index (χ0v) is 16.9. The number of halogens is 4. The minimum absolute atomic E-state index is 0.174. The number of hydrogen-bond donors (Lipinski definition) is 0. The lowest BCUT2D eigenvalue weighted by molar-refractivity contribution is -0.141. The van der Waals surface area contributed by atoms with Crippen molar-refractivity contribution < 1.29 is 18.0 Å². The normalized spacial score (nSPS) is 15.6. The van der Waals surface area contributed by atoms with Gasteiger partial charge in [-0.25, -0.2) is 4.68 Å². The summed E-state index contributed by atoms with van der Waals surface area (Å²) >= 11 is 6.22. The molecule has 1 aliphatic rings. The number of piperidine rings is 1. The molecule has 10 heteroatoms. The first-order chi connectivity index (χ1) is 14.2. The number of carbonyl (C=O) groups is 1. The van der Waals surface area contributed by atoms with Gasteiger partial charge in [-0.3, -0.25) is 9.48 Å². The quantitative estimate of drug-likeness (QED) is 0.605. The molecule has 0 saturated carbocycles. The van der Waals surface area contributed by atoms with Gasteiger partial charge in [-0.15, -0.1) is 0 Å². The van der Waals surface area contributed by atoms with Crippen LogP contribution in [0, 0.1) is 6.92 Å². The summed E-state index contributed by atoms with van der Waals surface area (Å²) in [5, 5.41) is 8.60. The van der Waals surface area contributed by atoms with Crippen molar-refractivity contribution in [2.45, 2.75) is 32.0 Å². The van der Waals surface area contributed by atoms with Gasteiger partial charge in [-0.1, -0.05) is 23.7 Å². The maximum atomic E-state index is 13.0. The van der Waals surface area contributed by atoms with Gasteiger partial charge in [0, 0.05) is 31.0 Å². The summed E-state index contributed by atoms with van der Waals surface area (Å²) in [6.07, 6.45) is -0.312. The Morgan fingerprint density at radius 3 is 2.47 bits per heavy atom. The zero-order chi connectivity index (χ0) is 21.5. The fourth-order valence-corrected chi connectivity index (χ4v) is 3.83. The number of rotatable bonds is 3. The Hall–Kier alpha value is -2.81. The van der Waals surface area contributed by atoms with Gasteiger partial charge in [-0.05, 0) is 38.0 Å². The summed E-state index contributed by atoms with van der Waals surface area (Å²) in [6, 6.07) is 8.02. The van der Waals surface area contributed by atoms with Crippen LogP contribution < -0.4 is 0 Å².